The fraction of sp³-hybridized carbons (Fsp3) is 0.278. The van der Waals surface area contributed by atoms with Crippen LogP contribution in [0.5, 0.6) is 11.5 Å². The van der Waals surface area contributed by atoms with Crippen LogP contribution in [0.1, 0.15) is 28.4 Å². The van der Waals surface area contributed by atoms with Crippen molar-refractivity contribution < 1.29 is 14.3 Å². The van der Waals surface area contributed by atoms with Crippen LogP contribution in [0.4, 0.5) is 5.69 Å². The van der Waals surface area contributed by atoms with E-state index in [0.29, 0.717) is 40.9 Å². The molecule has 0 aliphatic rings. The van der Waals surface area contributed by atoms with E-state index in [1.165, 1.54) is 0 Å². The first-order chi connectivity index (χ1) is 11.5. The number of anilines is 1. The van der Waals surface area contributed by atoms with E-state index < -0.39 is 0 Å². The SMILES string of the molecule is CCOc1c(Cl)cc(CNC(=O)c2cc(N)ccc2C)cc1OC. The fourth-order valence-corrected chi connectivity index (χ4v) is 2.61. The predicted molar refractivity (Wildman–Crippen MR) is 95.9 cm³/mol. The van der Waals surface area contributed by atoms with Gasteiger partial charge in [-0.2, -0.15) is 0 Å². The number of aryl methyl sites for hydroxylation is 1. The fourth-order valence-electron chi connectivity index (χ4n) is 2.32. The van der Waals surface area contributed by atoms with Gasteiger partial charge in [-0.25, -0.2) is 0 Å². The van der Waals surface area contributed by atoms with E-state index in [4.69, 9.17) is 26.8 Å². The van der Waals surface area contributed by atoms with Crippen LogP contribution in [0, 0.1) is 6.92 Å². The molecule has 0 saturated heterocycles. The highest BCUT2D eigenvalue weighted by molar-refractivity contribution is 6.32. The van der Waals surface area contributed by atoms with Crippen molar-refractivity contribution in [3.05, 3.63) is 52.0 Å². The summed E-state index contributed by atoms with van der Waals surface area (Å²) in [6.07, 6.45) is 0. The van der Waals surface area contributed by atoms with Crippen molar-refractivity contribution in [3.63, 3.8) is 0 Å². The van der Waals surface area contributed by atoms with Gasteiger partial charge in [0.1, 0.15) is 0 Å². The number of hydrogen-bond acceptors (Lipinski definition) is 4. The van der Waals surface area contributed by atoms with Crippen molar-refractivity contribution in [3.8, 4) is 11.5 Å². The topological polar surface area (TPSA) is 73.6 Å². The maximum atomic E-state index is 12.3. The van der Waals surface area contributed by atoms with Crippen LogP contribution in [0.2, 0.25) is 5.02 Å². The van der Waals surface area contributed by atoms with Crippen molar-refractivity contribution in [2.75, 3.05) is 19.5 Å². The minimum absolute atomic E-state index is 0.191. The first-order valence-corrected chi connectivity index (χ1v) is 7.97. The number of carbonyl (C=O) groups excluding carboxylic acids is 1. The molecule has 0 radical (unpaired) electrons. The largest absolute Gasteiger partial charge is 0.493 e. The van der Waals surface area contributed by atoms with Gasteiger partial charge < -0.3 is 20.5 Å². The van der Waals surface area contributed by atoms with Crippen LogP contribution in [0.3, 0.4) is 0 Å². The number of methoxy groups -OCH3 is 1. The Labute approximate surface area is 146 Å². The molecule has 2 aromatic rings. The van der Waals surface area contributed by atoms with Crippen LogP contribution >= 0.6 is 11.6 Å². The van der Waals surface area contributed by atoms with Gasteiger partial charge in [0.15, 0.2) is 11.5 Å². The smallest absolute Gasteiger partial charge is 0.251 e. The number of benzene rings is 2. The summed E-state index contributed by atoms with van der Waals surface area (Å²) in [4.78, 5) is 12.3. The molecule has 0 aliphatic heterocycles. The first kappa shape index (κ1) is 17.9. The molecule has 24 heavy (non-hydrogen) atoms. The molecule has 0 spiro atoms. The molecule has 0 heterocycles. The summed E-state index contributed by atoms with van der Waals surface area (Å²) in [5.74, 6) is 0.848. The number of nitrogens with two attached hydrogens (primary N) is 1. The number of halogens is 1. The molecular weight excluding hydrogens is 328 g/mol. The predicted octanol–water partition coefficient (Wildman–Crippen LogP) is 3.57. The number of nitrogen functional groups attached to an aromatic ring is 1. The highest BCUT2D eigenvalue weighted by atomic mass is 35.5. The van der Waals surface area contributed by atoms with Gasteiger partial charge in [0.2, 0.25) is 0 Å². The Morgan fingerprint density at radius 1 is 1.29 bits per heavy atom. The van der Waals surface area contributed by atoms with Crippen LogP contribution < -0.4 is 20.5 Å². The molecule has 6 heteroatoms. The number of amides is 1. The van der Waals surface area contributed by atoms with Crippen LogP contribution in [0.15, 0.2) is 30.3 Å². The number of rotatable bonds is 6. The molecule has 0 bridgehead atoms. The summed E-state index contributed by atoms with van der Waals surface area (Å²) in [5, 5.41) is 3.31. The van der Waals surface area contributed by atoms with Crippen LogP contribution in [0.25, 0.3) is 0 Å². The number of ether oxygens (including phenoxy) is 2. The highest BCUT2D eigenvalue weighted by Crippen LogP contribution is 2.36. The molecular formula is C18H21ClN2O3. The monoisotopic (exact) mass is 348 g/mol. The van der Waals surface area contributed by atoms with E-state index in [-0.39, 0.29) is 5.91 Å². The zero-order chi connectivity index (χ0) is 17.7. The minimum atomic E-state index is -0.191. The van der Waals surface area contributed by atoms with Crippen LogP contribution in [-0.2, 0) is 6.54 Å². The van der Waals surface area contributed by atoms with Gasteiger partial charge in [0.25, 0.3) is 5.91 Å². The Kier molecular flexibility index (Phi) is 5.93. The lowest BCUT2D eigenvalue weighted by Gasteiger charge is -2.14. The van der Waals surface area contributed by atoms with Gasteiger partial charge in [-0.05, 0) is 49.2 Å². The third-order valence-electron chi connectivity index (χ3n) is 3.54. The lowest BCUT2D eigenvalue weighted by molar-refractivity contribution is 0.0950. The summed E-state index contributed by atoms with van der Waals surface area (Å²) in [6.45, 7) is 4.54. The number of carbonyl (C=O) groups is 1. The summed E-state index contributed by atoms with van der Waals surface area (Å²) < 4.78 is 10.8. The third-order valence-corrected chi connectivity index (χ3v) is 3.82. The highest BCUT2D eigenvalue weighted by Gasteiger charge is 2.13. The quantitative estimate of drug-likeness (QED) is 0.783. The molecule has 1 amide bonds. The zero-order valence-electron chi connectivity index (χ0n) is 14.0. The Balaban J connectivity index is 2.15. The van der Waals surface area contributed by atoms with Crippen molar-refractivity contribution in [1.82, 2.24) is 5.32 Å². The van der Waals surface area contributed by atoms with Gasteiger partial charge in [-0.1, -0.05) is 17.7 Å². The standard InChI is InChI=1S/C18H21ClN2O3/c1-4-24-17-15(19)7-12(8-16(17)23-3)10-21-18(22)14-9-13(20)6-5-11(14)2/h5-9H,4,10,20H2,1-3H3,(H,21,22). The molecule has 128 valence electrons. The van der Waals surface area contributed by atoms with Gasteiger partial charge in [-0.15, -0.1) is 0 Å². The van der Waals surface area contributed by atoms with Crippen molar-refractivity contribution in [2.24, 2.45) is 0 Å². The second-order valence-corrected chi connectivity index (χ2v) is 5.71. The van der Waals surface area contributed by atoms with E-state index in [1.54, 1.807) is 31.4 Å². The molecule has 0 aliphatic carbocycles. The molecule has 5 nitrogen and oxygen atoms in total. The molecule has 0 aromatic heterocycles. The zero-order valence-corrected chi connectivity index (χ0v) is 14.7. The molecule has 2 aromatic carbocycles. The van der Waals surface area contributed by atoms with E-state index in [2.05, 4.69) is 5.32 Å². The first-order valence-electron chi connectivity index (χ1n) is 7.59. The Morgan fingerprint density at radius 3 is 2.71 bits per heavy atom. The molecule has 0 atom stereocenters. The van der Waals surface area contributed by atoms with Crippen molar-refractivity contribution in [2.45, 2.75) is 20.4 Å². The third kappa shape index (κ3) is 4.11. The number of nitrogens with one attached hydrogen (secondary N) is 1. The molecule has 0 fully saturated rings. The van der Waals surface area contributed by atoms with E-state index >= 15 is 0 Å². The van der Waals surface area contributed by atoms with Gasteiger partial charge in [-0.3, -0.25) is 4.79 Å². The average Bonchev–Trinajstić information content (AvgIpc) is 2.56. The van der Waals surface area contributed by atoms with E-state index in [1.807, 2.05) is 19.9 Å². The van der Waals surface area contributed by atoms with Gasteiger partial charge in [0.05, 0.1) is 18.7 Å². The van der Waals surface area contributed by atoms with Gasteiger partial charge >= 0.3 is 0 Å². The Hall–Kier alpha value is -2.40. The van der Waals surface area contributed by atoms with E-state index in [9.17, 15) is 4.79 Å². The molecule has 0 unspecified atom stereocenters. The molecule has 2 rings (SSSR count). The van der Waals surface area contributed by atoms with Gasteiger partial charge in [0, 0.05) is 17.8 Å². The van der Waals surface area contributed by atoms with Crippen molar-refractivity contribution >= 4 is 23.2 Å². The maximum Gasteiger partial charge on any atom is 0.251 e. The van der Waals surface area contributed by atoms with Crippen LogP contribution in [-0.4, -0.2) is 19.6 Å². The normalized spacial score (nSPS) is 10.3. The lowest BCUT2D eigenvalue weighted by atomic mass is 10.1. The van der Waals surface area contributed by atoms with E-state index in [0.717, 1.165) is 11.1 Å². The number of hydrogen-bond donors (Lipinski definition) is 2. The van der Waals surface area contributed by atoms with Crippen molar-refractivity contribution in [1.29, 1.82) is 0 Å². The molecule has 3 N–H and O–H groups in total. The lowest BCUT2D eigenvalue weighted by Crippen LogP contribution is -2.23. The minimum Gasteiger partial charge on any atom is -0.493 e. The molecule has 0 saturated carbocycles. The second kappa shape index (κ2) is 7.93. The Morgan fingerprint density at radius 2 is 2.04 bits per heavy atom. The summed E-state index contributed by atoms with van der Waals surface area (Å²) in [7, 11) is 1.55. The summed E-state index contributed by atoms with van der Waals surface area (Å²) >= 11 is 6.24. The second-order valence-electron chi connectivity index (χ2n) is 5.30. The Bertz CT molecular complexity index is 747. The summed E-state index contributed by atoms with van der Waals surface area (Å²) in [5.41, 5.74) is 8.53. The average molecular weight is 349 g/mol. The summed E-state index contributed by atoms with van der Waals surface area (Å²) in [6, 6.07) is 8.80. The maximum absolute atomic E-state index is 12.3.